The van der Waals surface area contributed by atoms with Gasteiger partial charge < -0.3 is 24.4 Å². The number of urea groups is 1. The summed E-state index contributed by atoms with van der Waals surface area (Å²) < 4.78 is 7.59. The highest BCUT2D eigenvalue weighted by molar-refractivity contribution is 5.93. The number of nitrogens with one attached hydrogen (secondary N) is 1. The van der Waals surface area contributed by atoms with Crippen molar-refractivity contribution < 1.29 is 14.3 Å². The van der Waals surface area contributed by atoms with Crippen LogP contribution in [0.4, 0.5) is 10.5 Å². The van der Waals surface area contributed by atoms with E-state index in [2.05, 4.69) is 11.9 Å². The van der Waals surface area contributed by atoms with Gasteiger partial charge in [0, 0.05) is 31.5 Å². The highest BCUT2D eigenvalue weighted by atomic mass is 16.5. The van der Waals surface area contributed by atoms with Gasteiger partial charge in [0.2, 0.25) is 5.91 Å². The third-order valence-corrected chi connectivity index (χ3v) is 5.08. The Labute approximate surface area is 177 Å². The molecular weight excluding hydrogens is 380 g/mol. The molecule has 1 aromatic heterocycles. The molecule has 0 radical (unpaired) electrons. The molecule has 0 bridgehead atoms. The lowest BCUT2D eigenvalue weighted by atomic mass is 10.3. The third-order valence-electron chi connectivity index (χ3n) is 5.08. The molecule has 1 aromatic carbocycles. The Morgan fingerprint density at radius 1 is 1.27 bits per heavy atom. The zero-order chi connectivity index (χ0) is 21.5. The summed E-state index contributed by atoms with van der Waals surface area (Å²) in [6.45, 7) is 6.94. The van der Waals surface area contributed by atoms with Gasteiger partial charge in [0.1, 0.15) is 12.3 Å². The lowest BCUT2D eigenvalue weighted by molar-refractivity contribution is -0.133. The Balaban J connectivity index is 1.69. The molecule has 0 unspecified atom stereocenters. The number of hydrogen-bond donors (Lipinski definition) is 1. The predicted octanol–water partition coefficient (Wildman–Crippen LogP) is 3.63. The summed E-state index contributed by atoms with van der Waals surface area (Å²) in [5, 5.41) is 2.86. The van der Waals surface area contributed by atoms with Gasteiger partial charge in [-0.05, 0) is 44.0 Å². The summed E-state index contributed by atoms with van der Waals surface area (Å²) in [4.78, 5) is 29.4. The minimum Gasteiger partial charge on any atom is -0.492 e. The van der Waals surface area contributed by atoms with Crippen LogP contribution in [0, 0.1) is 0 Å². The zero-order valence-corrected chi connectivity index (χ0v) is 17.7. The van der Waals surface area contributed by atoms with Crippen molar-refractivity contribution in [2.45, 2.75) is 32.4 Å². The summed E-state index contributed by atoms with van der Waals surface area (Å²) in [5.74, 6) is 0.537. The first-order valence-corrected chi connectivity index (χ1v) is 10.3. The molecule has 160 valence electrons. The van der Waals surface area contributed by atoms with Crippen LogP contribution in [0.5, 0.6) is 5.75 Å². The molecule has 2 aromatic rings. The van der Waals surface area contributed by atoms with Gasteiger partial charge in [0.25, 0.3) is 0 Å². The molecular formula is C23H30N4O3. The number of aromatic nitrogens is 1. The number of amides is 3. The fraction of sp³-hybridized carbons (Fsp3) is 0.391. The average molecular weight is 411 g/mol. The Morgan fingerprint density at radius 2 is 2.03 bits per heavy atom. The van der Waals surface area contributed by atoms with Crippen LogP contribution in [0.2, 0.25) is 0 Å². The van der Waals surface area contributed by atoms with Crippen LogP contribution in [0.15, 0.2) is 55.3 Å². The topological polar surface area (TPSA) is 66.8 Å². The number of ether oxygens (including phenoxy) is 1. The van der Waals surface area contributed by atoms with Gasteiger partial charge in [-0.3, -0.25) is 4.79 Å². The molecule has 0 atom stereocenters. The highest BCUT2D eigenvalue weighted by Gasteiger charge is 2.34. The van der Waals surface area contributed by atoms with Crippen molar-refractivity contribution in [2.75, 3.05) is 25.0 Å². The van der Waals surface area contributed by atoms with E-state index < -0.39 is 0 Å². The number of anilines is 1. The van der Waals surface area contributed by atoms with Gasteiger partial charge in [-0.2, -0.15) is 0 Å². The second kappa shape index (κ2) is 10.0. The zero-order valence-electron chi connectivity index (χ0n) is 17.7. The maximum Gasteiger partial charge on any atom is 0.322 e. The van der Waals surface area contributed by atoms with E-state index >= 15 is 0 Å². The number of rotatable bonds is 10. The number of benzene rings is 1. The van der Waals surface area contributed by atoms with Crippen molar-refractivity contribution in [1.82, 2.24) is 14.4 Å². The van der Waals surface area contributed by atoms with Crippen LogP contribution in [-0.2, 0) is 18.4 Å². The van der Waals surface area contributed by atoms with E-state index in [0.717, 1.165) is 18.5 Å². The van der Waals surface area contributed by atoms with Crippen molar-refractivity contribution in [3.63, 3.8) is 0 Å². The first kappa shape index (κ1) is 21.5. The van der Waals surface area contributed by atoms with Gasteiger partial charge in [-0.15, -0.1) is 6.58 Å². The first-order valence-electron chi connectivity index (χ1n) is 10.3. The molecule has 1 heterocycles. The number of aryl methyl sites for hydroxylation is 1. The van der Waals surface area contributed by atoms with Crippen LogP contribution in [0.3, 0.4) is 0 Å². The van der Waals surface area contributed by atoms with E-state index in [-0.39, 0.29) is 31.1 Å². The van der Waals surface area contributed by atoms with E-state index in [1.54, 1.807) is 18.2 Å². The maximum absolute atomic E-state index is 13.1. The lowest BCUT2D eigenvalue weighted by Crippen LogP contribution is -2.45. The van der Waals surface area contributed by atoms with E-state index in [0.29, 0.717) is 24.6 Å². The monoisotopic (exact) mass is 410 g/mol. The number of para-hydroxylation sites is 2. The molecule has 0 saturated heterocycles. The summed E-state index contributed by atoms with van der Waals surface area (Å²) in [6, 6.07) is 11.1. The Hall–Kier alpha value is -3.22. The number of carbonyl (C=O) groups excluding carboxylic acids is 2. The van der Waals surface area contributed by atoms with E-state index in [1.165, 1.54) is 4.90 Å². The Morgan fingerprint density at radius 3 is 2.67 bits per heavy atom. The molecule has 30 heavy (non-hydrogen) atoms. The van der Waals surface area contributed by atoms with Gasteiger partial charge >= 0.3 is 6.03 Å². The van der Waals surface area contributed by atoms with Gasteiger partial charge in [0.15, 0.2) is 0 Å². The molecule has 0 aliphatic heterocycles. The molecule has 3 rings (SSSR count). The van der Waals surface area contributed by atoms with Crippen molar-refractivity contribution in [2.24, 2.45) is 7.05 Å². The van der Waals surface area contributed by atoms with Crippen LogP contribution < -0.4 is 10.1 Å². The van der Waals surface area contributed by atoms with Gasteiger partial charge in [-0.1, -0.05) is 18.2 Å². The molecule has 1 aliphatic carbocycles. The van der Waals surface area contributed by atoms with Crippen molar-refractivity contribution in [3.05, 3.63) is 60.9 Å². The largest absolute Gasteiger partial charge is 0.492 e. The van der Waals surface area contributed by atoms with E-state index in [9.17, 15) is 9.59 Å². The minimum absolute atomic E-state index is 0.00439. The fourth-order valence-electron chi connectivity index (χ4n) is 3.32. The summed E-state index contributed by atoms with van der Waals surface area (Å²) in [6.07, 6.45) is 5.61. The molecule has 7 heteroatoms. The molecule has 1 fully saturated rings. The fourth-order valence-corrected chi connectivity index (χ4v) is 3.32. The third kappa shape index (κ3) is 5.43. The van der Waals surface area contributed by atoms with Crippen LogP contribution >= 0.6 is 0 Å². The SMILES string of the molecule is C=CCN(CC(=O)N(Cc1cccn1C)C1CC1)C(=O)Nc1ccccc1OCC. The standard InChI is InChI=1S/C23H30N4O3/c1-4-14-26(23(29)24-20-10-6-7-11-21(20)30-5-2)17-22(28)27(18-12-13-18)16-19-9-8-15-25(19)3/h4,6-11,15,18H,1,5,12-14,16-17H2,2-3H3,(H,24,29). The lowest BCUT2D eigenvalue weighted by Gasteiger charge is -2.27. The quantitative estimate of drug-likeness (QED) is 0.608. The Kier molecular flexibility index (Phi) is 7.17. The second-order valence-corrected chi connectivity index (χ2v) is 7.39. The van der Waals surface area contributed by atoms with Crippen LogP contribution in [-0.4, -0.2) is 52.0 Å². The molecule has 0 spiro atoms. The smallest absolute Gasteiger partial charge is 0.322 e. The summed E-state index contributed by atoms with van der Waals surface area (Å²) >= 11 is 0. The minimum atomic E-state index is -0.356. The predicted molar refractivity (Wildman–Crippen MR) is 117 cm³/mol. The van der Waals surface area contributed by atoms with Crippen molar-refractivity contribution in [1.29, 1.82) is 0 Å². The maximum atomic E-state index is 13.1. The molecule has 1 aliphatic rings. The van der Waals surface area contributed by atoms with Crippen molar-refractivity contribution in [3.8, 4) is 5.75 Å². The van der Waals surface area contributed by atoms with E-state index in [1.807, 2.05) is 53.9 Å². The van der Waals surface area contributed by atoms with Crippen LogP contribution in [0.25, 0.3) is 0 Å². The molecule has 7 nitrogen and oxygen atoms in total. The van der Waals surface area contributed by atoms with Gasteiger partial charge in [0.05, 0.1) is 18.8 Å². The first-order chi connectivity index (χ1) is 14.5. The van der Waals surface area contributed by atoms with Gasteiger partial charge in [-0.25, -0.2) is 4.79 Å². The summed E-state index contributed by atoms with van der Waals surface area (Å²) in [7, 11) is 1.97. The average Bonchev–Trinajstić information content (AvgIpc) is 3.49. The van der Waals surface area contributed by atoms with Crippen LogP contribution in [0.1, 0.15) is 25.5 Å². The second-order valence-electron chi connectivity index (χ2n) is 7.39. The molecule has 1 saturated carbocycles. The normalized spacial score (nSPS) is 12.9. The molecule has 1 N–H and O–H groups in total. The number of hydrogen-bond acceptors (Lipinski definition) is 3. The molecule has 3 amide bonds. The highest BCUT2D eigenvalue weighted by Crippen LogP contribution is 2.29. The van der Waals surface area contributed by atoms with E-state index in [4.69, 9.17) is 4.74 Å². The Bertz CT molecular complexity index is 888. The number of nitrogens with zero attached hydrogens (tertiary/aromatic N) is 3. The van der Waals surface area contributed by atoms with Crippen molar-refractivity contribution >= 4 is 17.6 Å². The number of carbonyl (C=O) groups is 2. The summed E-state index contributed by atoms with van der Waals surface area (Å²) in [5.41, 5.74) is 1.65.